The van der Waals surface area contributed by atoms with Crippen molar-refractivity contribution in [1.29, 1.82) is 0 Å². The third kappa shape index (κ3) is 1.99. The lowest BCUT2D eigenvalue weighted by Crippen LogP contribution is -2.42. The summed E-state index contributed by atoms with van der Waals surface area (Å²) in [6.45, 7) is 0. The summed E-state index contributed by atoms with van der Waals surface area (Å²) < 4.78 is -1.89. The number of oxime groups is 1. The fourth-order valence-corrected chi connectivity index (χ4v) is 1.31. The van der Waals surface area contributed by atoms with E-state index >= 15 is 0 Å². The molecule has 0 fully saturated rings. The van der Waals surface area contributed by atoms with Crippen LogP contribution in [0.2, 0.25) is 0 Å². The van der Waals surface area contributed by atoms with Crippen molar-refractivity contribution in [2.24, 2.45) is 5.16 Å². The van der Waals surface area contributed by atoms with Crippen LogP contribution >= 0.6 is 50.7 Å². The monoisotopic (exact) mass is 295 g/mol. The molecule has 0 aromatic heterocycles. The molecule has 3 nitrogen and oxygen atoms in total. The minimum Gasteiger partial charge on any atom is -0.355 e. The SMILES string of the molecule is OC1(C(Cl)(Cl)Cl)CC(CBr)=NO1. The molecular weight excluding hydrogens is 292 g/mol. The summed E-state index contributed by atoms with van der Waals surface area (Å²) in [5.74, 6) is -1.83. The Labute approximate surface area is 92.7 Å². The zero-order chi connectivity index (χ0) is 9.41. The minimum atomic E-state index is -1.89. The first-order valence-electron chi connectivity index (χ1n) is 2.98. The Balaban J connectivity index is 2.70. The second-order valence-corrected chi connectivity index (χ2v) is 5.18. The van der Waals surface area contributed by atoms with E-state index in [2.05, 4.69) is 25.9 Å². The van der Waals surface area contributed by atoms with Crippen LogP contribution in [0.25, 0.3) is 0 Å². The van der Waals surface area contributed by atoms with Gasteiger partial charge in [-0.25, -0.2) is 0 Å². The molecular formula is C5H5BrCl3NO2. The smallest absolute Gasteiger partial charge is 0.287 e. The Morgan fingerprint density at radius 3 is 2.50 bits per heavy atom. The lowest BCUT2D eigenvalue weighted by molar-refractivity contribution is -0.181. The zero-order valence-corrected chi connectivity index (χ0v) is 9.58. The number of aliphatic hydroxyl groups is 1. The highest BCUT2D eigenvalue weighted by atomic mass is 79.9. The summed E-state index contributed by atoms with van der Waals surface area (Å²) in [6, 6.07) is 0. The second kappa shape index (κ2) is 3.50. The molecule has 0 radical (unpaired) electrons. The van der Waals surface area contributed by atoms with Gasteiger partial charge in [-0.15, -0.1) is 0 Å². The quantitative estimate of drug-likeness (QED) is 0.754. The van der Waals surface area contributed by atoms with E-state index in [9.17, 15) is 5.11 Å². The van der Waals surface area contributed by atoms with Crippen LogP contribution in [0.15, 0.2) is 5.16 Å². The van der Waals surface area contributed by atoms with Gasteiger partial charge in [0.2, 0.25) is 0 Å². The van der Waals surface area contributed by atoms with Gasteiger partial charge in [0.15, 0.2) is 0 Å². The minimum absolute atomic E-state index is 0.0920. The zero-order valence-electron chi connectivity index (χ0n) is 5.73. The molecule has 0 aliphatic carbocycles. The van der Waals surface area contributed by atoms with Crippen molar-refractivity contribution in [2.75, 3.05) is 5.33 Å². The number of hydrogen-bond donors (Lipinski definition) is 1. The van der Waals surface area contributed by atoms with E-state index in [-0.39, 0.29) is 6.42 Å². The maximum Gasteiger partial charge on any atom is 0.287 e. The van der Waals surface area contributed by atoms with Crippen molar-refractivity contribution in [3.63, 3.8) is 0 Å². The van der Waals surface area contributed by atoms with Gasteiger partial charge in [-0.1, -0.05) is 55.9 Å². The van der Waals surface area contributed by atoms with Crippen molar-refractivity contribution in [3.05, 3.63) is 0 Å². The molecule has 0 spiro atoms. The molecule has 0 saturated heterocycles. The molecule has 1 atom stereocenters. The van der Waals surface area contributed by atoms with E-state index < -0.39 is 9.58 Å². The molecule has 12 heavy (non-hydrogen) atoms. The van der Waals surface area contributed by atoms with Gasteiger partial charge in [-0.05, 0) is 0 Å². The number of nitrogens with zero attached hydrogens (tertiary/aromatic N) is 1. The lowest BCUT2D eigenvalue weighted by atomic mass is 10.2. The van der Waals surface area contributed by atoms with Crippen LogP contribution in [0.5, 0.6) is 0 Å². The van der Waals surface area contributed by atoms with Crippen molar-refractivity contribution < 1.29 is 9.94 Å². The van der Waals surface area contributed by atoms with E-state index in [1.165, 1.54) is 0 Å². The van der Waals surface area contributed by atoms with Gasteiger partial charge in [0.1, 0.15) is 0 Å². The van der Waals surface area contributed by atoms with Gasteiger partial charge >= 0.3 is 0 Å². The van der Waals surface area contributed by atoms with Crippen LogP contribution in [0.1, 0.15) is 6.42 Å². The van der Waals surface area contributed by atoms with E-state index in [0.29, 0.717) is 11.0 Å². The predicted molar refractivity (Wildman–Crippen MR) is 52.2 cm³/mol. The summed E-state index contributed by atoms with van der Waals surface area (Å²) in [6.07, 6.45) is 0.0920. The highest BCUT2D eigenvalue weighted by Crippen LogP contribution is 2.43. The normalized spacial score (nSPS) is 29.9. The molecule has 1 heterocycles. The Hall–Kier alpha value is 0.780. The molecule has 1 unspecified atom stereocenters. The van der Waals surface area contributed by atoms with Crippen LogP contribution < -0.4 is 0 Å². The topological polar surface area (TPSA) is 41.8 Å². The van der Waals surface area contributed by atoms with E-state index in [0.717, 1.165) is 0 Å². The molecule has 0 aromatic rings. The van der Waals surface area contributed by atoms with Gasteiger partial charge in [0.05, 0.1) is 12.1 Å². The molecule has 1 rings (SSSR count). The van der Waals surface area contributed by atoms with Crippen LogP contribution in [-0.4, -0.2) is 25.7 Å². The Kier molecular flexibility index (Phi) is 3.17. The molecule has 0 aromatic carbocycles. The van der Waals surface area contributed by atoms with Crippen LogP contribution in [-0.2, 0) is 4.84 Å². The highest BCUT2D eigenvalue weighted by Gasteiger charge is 2.53. The van der Waals surface area contributed by atoms with Crippen LogP contribution in [0.4, 0.5) is 0 Å². The van der Waals surface area contributed by atoms with Crippen LogP contribution in [0.3, 0.4) is 0 Å². The van der Waals surface area contributed by atoms with Gasteiger partial charge in [0, 0.05) is 5.33 Å². The average Bonchev–Trinajstić information content (AvgIpc) is 2.31. The Morgan fingerprint density at radius 2 is 2.25 bits per heavy atom. The molecule has 7 heteroatoms. The fourth-order valence-electron chi connectivity index (χ4n) is 0.705. The van der Waals surface area contributed by atoms with Gasteiger partial charge < -0.3 is 9.94 Å². The van der Waals surface area contributed by atoms with Crippen molar-refractivity contribution >= 4 is 56.4 Å². The molecule has 0 bridgehead atoms. The van der Waals surface area contributed by atoms with Gasteiger partial charge in [0.25, 0.3) is 9.58 Å². The first-order valence-corrected chi connectivity index (χ1v) is 5.23. The van der Waals surface area contributed by atoms with E-state index in [1.807, 2.05) is 0 Å². The first-order chi connectivity index (χ1) is 5.39. The van der Waals surface area contributed by atoms with Crippen molar-refractivity contribution in [3.8, 4) is 0 Å². The Bertz CT molecular complexity index is 217. The summed E-state index contributed by atoms with van der Waals surface area (Å²) >= 11 is 19.6. The van der Waals surface area contributed by atoms with E-state index in [4.69, 9.17) is 34.8 Å². The lowest BCUT2D eigenvalue weighted by Gasteiger charge is -2.26. The number of hydrogen-bond acceptors (Lipinski definition) is 3. The molecule has 1 aliphatic heterocycles. The van der Waals surface area contributed by atoms with Crippen molar-refractivity contribution in [1.82, 2.24) is 0 Å². The summed E-state index contributed by atoms with van der Waals surface area (Å²) in [7, 11) is 0. The van der Waals surface area contributed by atoms with Gasteiger partial charge in [-0.3, -0.25) is 0 Å². The Morgan fingerprint density at radius 1 is 1.67 bits per heavy atom. The largest absolute Gasteiger partial charge is 0.355 e. The summed E-state index contributed by atoms with van der Waals surface area (Å²) in [5, 5.41) is 13.6. The summed E-state index contributed by atoms with van der Waals surface area (Å²) in [4.78, 5) is 4.63. The maximum absolute atomic E-state index is 9.58. The predicted octanol–water partition coefficient (Wildman–Crippen LogP) is 2.22. The third-order valence-electron chi connectivity index (χ3n) is 1.37. The second-order valence-electron chi connectivity index (χ2n) is 2.34. The highest BCUT2D eigenvalue weighted by molar-refractivity contribution is 9.09. The first kappa shape index (κ1) is 10.9. The average molecular weight is 297 g/mol. The molecule has 0 saturated carbocycles. The third-order valence-corrected chi connectivity index (χ3v) is 2.90. The number of rotatable bonds is 1. The number of halogens is 4. The standard InChI is InChI=1S/C5H5BrCl3NO2/c6-2-3-1-4(11,12-10-3)5(7,8)9/h11H,1-2H2. The molecule has 1 aliphatic rings. The molecule has 1 N–H and O–H groups in total. The number of alkyl halides is 4. The summed E-state index contributed by atoms with van der Waals surface area (Å²) in [5.41, 5.74) is 0.601. The molecule has 0 amide bonds. The van der Waals surface area contributed by atoms with Crippen molar-refractivity contribution in [2.45, 2.75) is 16.0 Å². The fraction of sp³-hybridized carbons (Fsp3) is 0.800. The van der Waals surface area contributed by atoms with E-state index in [1.54, 1.807) is 0 Å². The van der Waals surface area contributed by atoms with Crippen LogP contribution in [0, 0.1) is 0 Å². The maximum atomic E-state index is 9.58. The van der Waals surface area contributed by atoms with Gasteiger partial charge in [-0.2, -0.15) is 0 Å². The molecule has 70 valence electrons.